The molecule has 298 valence electrons. The monoisotopic (exact) mass is 780 g/mol. The van der Waals surface area contributed by atoms with Crippen molar-refractivity contribution in [3.63, 3.8) is 0 Å². The number of hydrogen-bond acceptors (Lipinski definition) is 13. The van der Waals surface area contributed by atoms with Gasteiger partial charge in [0, 0.05) is 62.2 Å². The van der Waals surface area contributed by atoms with Gasteiger partial charge in [0.25, 0.3) is 0 Å². The first-order valence-corrected chi connectivity index (χ1v) is 20.1. The van der Waals surface area contributed by atoms with E-state index in [9.17, 15) is 14.0 Å². The molecule has 2 saturated heterocycles. The maximum Gasteiger partial charge on any atom is 0.322 e. The molecule has 57 heavy (non-hydrogen) atoms. The molecule has 4 fully saturated rings. The number of nitrogens with zero attached hydrogens (tertiary/aromatic N) is 6. The molecule has 4 aliphatic heterocycles. The van der Waals surface area contributed by atoms with Gasteiger partial charge in [0.1, 0.15) is 17.6 Å². The molecule has 4 aromatic rings. The Morgan fingerprint density at radius 2 is 1.40 bits per heavy atom. The van der Waals surface area contributed by atoms with E-state index >= 15 is 0 Å². The summed E-state index contributed by atoms with van der Waals surface area (Å²) in [4.78, 5) is 41.0. The molecule has 15 nitrogen and oxygen atoms in total. The second kappa shape index (κ2) is 15.2. The minimum absolute atomic E-state index is 0.112. The van der Waals surface area contributed by atoms with Crippen molar-refractivity contribution in [1.82, 2.24) is 30.0 Å². The number of carbonyl (C=O) groups is 2. The summed E-state index contributed by atoms with van der Waals surface area (Å²) in [5, 5.41) is 14.3. The molecule has 0 bridgehead atoms. The molecule has 3 aromatic heterocycles. The zero-order valence-corrected chi connectivity index (χ0v) is 31.5. The van der Waals surface area contributed by atoms with E-state index in [-0.39, 0.29) is 43.8 Å². The fourth-order valence-electron chi connectivity index (χ4n) is 9.07. The number of halogens is 1. The first-order chi connectivity index (χ1) is 27.9. The second-order valence-corrected chi connectivity index (χ2v) is 16.0. The van der Waals surface area contributed by atoms with Gasteiger partial charge in [-0.15, -0.1) is 5.10 Å². The molecule has 0 spiro atoms. The first kappa shape index (κ1) is 36.0. The number of anilines is 2. The zero-order valence-electron chi connectivity index (χ0n) is 31.5. The highest BCUT2D eigenvalue weighted by Gasteiger charge is 2.47. The molecule has 6 aliphatic rings. The zero-order chi connectivity index (χ0) is 38.5. The third-order valence-corrected chi connectivity index (χ3v) is 12.3. The maximum absolute atomic E-state index is 14.7. The van der Waals surface area contributed by atoms with Crippen LogP contribution in [0.3, 0.4) is 0 Å². The average molecular weight is 781 g/mol. The summed E-state index contributed by atoms with van der Waals surface area (Å²) in [7, 11) is 0. The maximum atomic E-state index is 14.7. The lowest BCUT2D eigenvalue weighted by atomic mass is 9.89. The summed E-state index contributed by atoms with van der Waals surface area (Å²) in [5.41, 5.74) is 3.29. The summed E-state index contributed by atoms with van der Waals surface area (Å²) in [6, 6.07) is 10.6. The second-order valence-electron chi connectivity index (χ2n) is 16.0. The number of hydrogen-bond donors (Lipinski definition) is 2. The molecule has 6 atom stereocenters. The highest BCUT2D eigenvalue weighted by atomic mass is 19.1. The fourth-order valence-corrected chi connectivity index (χ4v) is 9.07. The molecule has 16 heteroatoms. The lowest BCUT2D eigenvalue weighted by Gasteiger charge is -2.36. The normalized spacial score (nSPS) is 26.8. The standard InChI is InChI=1S/C41H45FN8O7/c42-26-11-15-50(20-31-37-35(10-13-44-31)54-22-56-37)33(17-26)38(51)45-27-7-5-23(6-8-27)28-18-29(28)25-2-1-14-49(19-30-36-34(9-12-43-30)53-21-55-36)32(16-25)39(52)46-41-48-47-40(57-41)24-3-4-24/h5-10,12-13,24-26,28-29,32-33H,1-4,11,14-22H2,(H,45,51)(H,46,48,52)/t25?,26-,28?,29?,32-,33-/m1/s1. The highest BCUT2D eigenvalue weighted by Crippen LogP contribution is 2.55. The smallest absolute Gasteiger partial charge is 0.322 e. The van der Waals surface area contributed by atoms with E-state index in [1.54, 1.807) is 24.5 Å². The Morgan fingerprint density at radius 1 is 0.737 bits per heavy atom. The van der Waals surface area contributed by atoms with Gasteiger partial charge in [-0.25, -0.2) is 4.39 Å². The molecule has 7 heterocycles. The van der Waals surface area contributed by atoms with E-state index in [2.05, 4.69) is 47.8 Å². The van der Waals surface area contributed by atoms with Crippen LogP contribution in [0.1, 0.15) is 86.0 Å². The summed E-state index contributed by atoms with van der Waals surface area (Å²) >= 11 is 0. The van der Waals surface area contributed by atoms with Crippen LogP contribution in [-0.2, 0) is 22.7 Å². The van der Waals surface area contributed by atoms with Crippen LogP contribution >= 0.6 is 0 Å². The SMILES string of the molecule is O=C(Nc1ccc(C2CC2C2CCCN(Cc3nccc4c3OCO4)[C@@H](C(=O)Nc3nnc(C4CC4)o3)C2)cc1)[C@H]1C[C@H](F)CCN1Cc1nccc2c1OCO2. The topological polar surface area (TPSA) is 166 Å². The number of pyridine rings is 2. The molecule has 0 radical (unpaired) electrons. The van der Waals surface area contributed by atoms with Crippen LogP contribution in [0.2, 0.25) is 0 Å². The Bertz CT molecular complexity index is 2130. The van der Waals surface area contributed by atoms with Crippen molar-refractivity contribution in [3.05, 3.63) is 71.6 Å². The summed E-state index contributed by atoms with van der Waals surface area (Å²) in [5.74, 6) is 4.04. The van der Waals surface area contributed by atoms with Crippen molar-refractivity contribution in [2.45, 2.75) is 94.5 Å². The van der Waals surface area contributed by atoms with Gasteiger partial charge in [0.15, 0.2) is 23.0 Å². The highest BCUT2D eigenvalue weighted by molar-refractivity contribution is 5.95. The predicted molar refractivity (Wildman–Crippen MR) is 201 cm³/mol. The number of aromatic nitrogens is 4. The molecule has 2 saturated carbocycles. The van der Waals surface area contributed by atoms with Crippen molar-refractivity contribution in [2.24, 2.45) is 11.8 Å². The fraction of sp³-hybridized carbons (Fsp3) is 0.512. The van der Waals surface area contributed by atoms with Gasteiger partial charge in [-0.05, 0) is 86.9 Å². The van der Waals surface area contributed by atoms with Crippen LogP contribution in [-0.4, -0.2) is 86.7 Å². The lowest BCUT2D eigenvalue weighted by Crippen LogP contribution is -2.49. The number of alkyl halides is 1. The molecular weight excluding hydrogens is 735 g/mol. The van der Waals surface area contributed by atoms with Crippen molar-refractivity contribution in [2.75, 3.05) is 37.3 Å². The van der Waals surface area contributed by atoms with Crippen LogP contribution in [0.25, 0.3) is 0 Å². The molecule has 1 aromatic carbocycles. The van der Waals surface area contributed by atoms with Crippen LogP contribution in [0.5, 0.6) is 23.0 Å². The van der Waals surface area contributed by atoms with Gasteiger partial charge in [-0.3, -0.25) is 34.7 Å². The number of piperidine rings is 1. The number of ether oxygens (including phenoxy) is 4. The summed E-state index contributed by atoms with van der Waals surface area (Å²) < 4.78 is 43.0. The molecule has 2 aliphatic carbocycles. The minimum Gasteiger partial charge on any atom is -0.453 e. The largest absolute Gasteiger partial charge is 0.453 e. The van der Waals surface area contributed by atoms with Gasteiger partial charge in [0.2, 0.25) is 31.3 Å². The number of rotatable bonds is 11. The third kappa shape index (κ3) is 7.59. The van der Waals surface area contributed by atoms with Gasteiger partial charge in [-0.2, -0.15) is 0 Å². The van der Waals surface area contributed by atoms with E-state index < -0.39 is 18.3 Å². The van der Waals surface area contributed by atoms with Gasteiger partial charge < -0.3 is 28.7 Å². The van der Waals surface area contributed by atoms with Crippen molar-refractivity contribution in [3.8, 4) is 23.0 Å². The van der Waals surface area contributed by atoms with Gasteiger partial charge in [-0.1, -0.05) is 17.2 Å². The number of fused-ring (bicyclic) bond motifs is 2. The number of benzene rings is 1. The Labute approximate surface area is 328 Å². The Balaban J connectivity index is 0.803. The van der Waals surface area contributed by atoms with Crippen LogP contribution in [0.4, 0.5) is 16.1 Å². The van der Waals surface area contributed by atoms with Crippen molar-refractivity contribution >= 4 is 23.5 Å². The summed E-state index contributed by atoms with van der Waals surface area (Å²) in [6.45, 7) is 2.22. The Hall–Kier alpha value is -5.35. The number of amides is 2. The van der Waals surface area contributed by atoms with E-state index in [4.69, 9.17) is 23.4 Å². The minimum atomic E-state index is -1.06. The molecule has 3 unspecified atom stereocenters. The number of nitrogens with one attached hydrogen (secondary N) is 2. The van der Waals surface area contributed by atoms with E-state index in [1.807, 2.05) is 17.0 Å². The molecule has 2 amide bonds. The first-order valence-electron chi connectivity index (χ1n) is 20.1. The Morgan fingerprint density at radius 3 is 2.11 bits per heavy atom. The quantitative estimate of drug-likeness (QED) is 0.195. The van der Waals surface area contributed by atoms with Crippen LogP contribution in [0, 0.1) is 11.8 Å². The lowest BCUT2D eigenvalue weighted by molar-refractivity contribution is -0.124. The third-order valence-electron chi connectivity index (χ3n) is 12.3. The summed E-state index contributed by atoms with van der Waals surface area (Å²) in [6.07, 6.45) is 8.46. The molecular formula is C41H45FN8O7. The van der Waals surface area contributed by atoms with Crippen LogP contribution in [0.15, 0.2) is 53.2 Å². The molecule has 2 N–H and O–H groups in total. The van der Waals surface area contributed by atoms with E-state index in [0.717, 1.165) is 44.3 Å². The van der Waals surface area contributed by atoms with E-state index in [1.165, 1.54) is 5.56 Å². The Kier molecular flexibility index (Phi) is 9.60. The number of carbonyl (C=O) groups excluding carboxylic acids is 2. The predicted octanol–water partition coefficient (Wildman–Crippen LogP) is 5.55. The van der Waals surface area contributed by atoms with E-state index in [0.29, 0.717) is 90.5 Å². The van der Waals surface area contributed by atoms with Crippen molar-refractivity contribution < 1.29 is 37.3 Å². The number of likely N-dealkylation sites (tertiary alicyclic amines) is 2. The average Bonchev–Trinajstić information content (AvgIpc) is 4.07. The van der Waals surface area contributed by atoms with Crippen LogP contribution < -0.4 is 29.6 Å². The van der Waals surface area contributed by atoms with Gasteiger partial charge >= 0.3 is 6.01 Å². The van der Waals surface area contributed by atoms with Gasteiger partial charge in [0.05, 0.1) is 12.1 Å². The molecule has 10 rings (SSSR count). The van der Waals surface area contributed by atoms with Crippen molar-refractivity contribution in [1.29, 1.82) is 0 Å².